The Balaban J connectivity index is 1.86. The second-order valence-corrected chi connectivity index (χ2v) is 6.35. The number of esters is 1. The maximum absolute atomic E-state index is 12.4. The number of fused-ring (bicyclic) bond motifs is 1. The fourth-order valence-corrected chi connectivity index (χ4v) is 2.77. The van der Waals surface area contributed by atoms with E-state index in [9.17, 15) is 9.59 Å². The smallest absolute Gasteiger partial charge is 0.330 e. The highest BCUT2D eigenvalue weighted by Gasteiger charge is 2.21. The van der Waals surface area contributed by atoms with Crippen LogP contribution in [0, 0.1) is 0 Å². The topological polar surface area (TPSA) is 102 Å². The van der Waals surface area contributed by atoms with Gasteiger partial charge in [0.1, 0.15) is 11.6 Å². The molecule has 0 aliphatic carbocycles. The molecule has 0 aliphatic rings. The van der Waals surface area contributed by atoms with Crippen LogP contribution in [0.25, 0.3) is 11.0 Å². The largest absolute Gasteiger partial charge is 0.467 e. The Labute approximate surface area is 158 Å². The van der Waals surface area contributed by atoms with Gasteiger partial charge in [0.2, 0.25) is 5.95 Å². The number of methoxy groups -OCH3 is 1. The third-order valence-corrected chi connectivity index (χ3v) is 4.55. The van der Waals surface area contributed by atoms with Crippen LogP contribution in [-0.2, 0) is 16.1 Å². The fraction of sp³-hybridized carbons (Fsp3) is 0.250. The zero-order chi connectivity index (χ0) is 18.8. The lowest BCUT2D eigenvalue weighted by atomic mass is 10.2. The minimum atomic E-state index is -0.740. The second-order valence-electron chi connectivity index (χ2n) is 5.54. The monoisotopic (exact) mass is 395 g/mol. The first-order valence-corrected chi connectivity index (χ1v) is 8.39. The number of rotatable bonds is 5. The molecule has 3 rings (SSSR count). The summed E-state index contributed by atoms with van der Waals surface area (Å²) in [6.45, 7) is 1.98. The lowest BCUT2D eigenvalue weighted by Gasteiger charge is -2.10. The number of aromatic amines is 1. The van der Waals surface area contributed by atoms with Crippen molar-refractivity contribution in [1.29, 1.82) is 0 Å². The van der Waals surface area contributed by atoms with E-state index in [1.165, 1.54) is 18.0 Å². The molecule has 8 nitrogen and oxygen atoms in total. The summed E-state index contributed by atoms with van der Waals surface area (Å²) in [5, 5.41) is 8.01. The molecule has 0 fully saturated rings. The quantitative estimate of drug-likeness (QED) is 0.643. The number of benzene rings is 1. The van der Waals surface area contributed by atoms with Gasteiger partial charge in [-0.15, -0.1) is 0 Å². The van der Waals surface area contributed by atoms with Crippen LogP contribution in [0.5, 0.6) is 0 Å². The van der Waals surface area contributed by atoms with Crippen LogP contribution in [0.15, 0.2) is 29.2 Å². The van der Waals surface area contributed by atoms with Crippen molar-refractivity contribution in [2.45, 2.75) is 19.5 Å². The van der Waals surface area contributed by atoms with Crippen molar-refractivity contribution in [3.05, 3.63) is 50.4 Å². The Kier molecular flexibility index (Phi) is 5.15. The highest BCUT2D eigenvalue weighted by Crippen LogP contribution is 2.23. The van der Waals surface area contributed by atoms with E-state index in [2.05, 4.69) is 25.1 Å². The van der Waals surface area contributed by atoms with Crippen LogP contribution >= 0.6 is 23.2 Å². The van der Waals surface area contributed by atoms with Crippen LogP contribution in [0.3, 0.4) is 0 Å². The number of ether oxygens (including phenoxy) is 1. The highest BCUT2D eigenvalue weighted by molar-refractivity contribution is 6.42. The van der Waals surface area contributed by atoms with Gasteiger partial charge < -0.3 is 10.1 Å². The van der Waals surface area contributed by atoms with E-state index in [4.69, 9.17) is 23.2 Å². The molecule has 136 valence electrons. The number of nitrogens with one attached hydrogen (secondary N) is 2. The summed E-state index contributed by atoms with van der Waals surface area (Å²) >= 11 is 11.9. The minimum Gasteiger partial charge on any atom is -0.467 e. The van der Waals surface area contributed by atoms with Crippen molar-refractivity contribution in [1.82, 2.24) is 19.7 Å². The van der Waals surface area contributed by atoms with Crippen molar-refractivity contribution in [3.8, 4) is 0 Å². The van der Waals surface area contributed by atoms with Crippen molar-refractivity contribution in [3.63, 3.8) is 0 Å². The number of carbonyl (C=O) groups is 1. The summed E-state index contributed by atoms with van der Waals surface area (Å²) in [6, 6.07) is 4.49. The Bertz CT molecular complexity index is 1030. The van der Waals surface area contributed by atoms with Gasteiger partial charge in [0.15, 0.2) is 5.52 Å². The molecular formula is C16H15Cl2N5O3. The molecule has 1 unspecified atom stereocenters. The molecule has 10 heteroatoms. The van der Waals surface area contributed by atoms with Gasteiger partial charge in [0, 0.05) is 6.54 Å². The Morgan fingerprint density at radius 1 is 1.38 bits per heavy atom. The Morgan fingerprint density at radius 2 is 2.15 bits per heavy atom. The normalized spacial score (nSPS) is 12.2. The summed E-state index contributed by atoms with van der Waals surface area (Å²) in [5.74, 6) is -0.227. The molecule has 2 heterocycles. The number of anilines is 1. The lowest BCUT2D eigenvalue weighted by Crippen LogP contribution is -2.23. The van der Waals surface area contributed by atoms with Crippen LogP contribution in [0.2, 0.25) is 10.0 Å². The van der Waals surface area contributed by atoms with Crippen molar-refractivity contribution >= 4 is 46.2 Å². The van der Waals surface area contributed by atoms with Crippen molar-refractivity contribution in [2.75, 3.05) is 12.4 Å². The van der Waals surface area contributed by atoms with Gasteiger partial charge in [0.05, 0.1) is 23.4 Å². The summed E-state index contributed by atoms with van der Waals surface area (Å²) < 4.78 is 5.98. The zero-order valence-corrected chi connectivity index (χ0v) is 15.4. The van der Waals surface area contributed by atoms with Gasteiger partial charge >= 0.3 is 5.97 Å². The molecule has 0 saturated heterocycles. The molecule has 3 aromatic rings. The van der Waals surface area contributed by atoms with E-state index in [0.29, 0.717) is 22.1 Å². The van der Waals surface area contributed by atoms with Gasteiger partial charge in [-0.2, -0.15) is 5.10 Å². The van der Waals surface area contributed by atoms with E-state index in [-0.39, 0.29) is 11.5 Å². The maximum Gasteiger partial charge on any atom is 0.330 e. The molecule has 26 heavy (non-hydrogen) atoms. The van der Waals surface area contributed by atoms with Gasteiger partial charge in [0.25, 0.3) is 5.56 Å². The molecule has 0 aliphatic heterocycles. The molecule has 2 aromatic heterocycles. The number of hydrogen-bond acceptors (Lipinski definition) is 6. The van der Waals surface area contributed by atoms with E-state index in [0.717, 1.165) is 5.56 Å². The average Bonchev–Trinajstić information content (AvgIpc) is 3.06. The van der Waals surface area contributed by atoms with Crippen LogP contribution in [0.4, 0.5) is 5.95 Å². The molecule has 0 spiro atoms. The van der Waals surface area contributed by atoms with Gasteiger partial charge in [-0.25, -0.2) is 14.5 Å². The molecule has 0 amide bonds. The van der Waals surface area contributed by atoms with E-state index in [1.54, 1.807) is 19.1 Å². The molecule has 1 atom stereocenters. The average molecular weight is 396 g/mol. The van der Waals surface area contributed by atoms with Gasteiger partial charge in [-0.05, 0) is 24.6 Å². The summed E-state index contributed by atoms with van der Waals surface area (Å²) in [4.78, 5) is 31.1. The van der Waals surface area contributed by atoms with Crippen molar-refractivity contribution < 1.29 is 9.53 Å². The summed E-state index contributed by atoms with van der Waals surface area (Å²) in [6.07, 6.45) is 1.42. The molecular weight excluding hydrogens is 381 g/mol. The zero-order valence-electron chi connectivity index (χ0n) is 13.9. The second kappa shape index (κ2) is 7.35. The van der Waals surface area contributed by atoms with E-state index in [1.807, 2.05) is 6.07 Å². The summed E-state index contributed by atoms with van der Waals surface area (Å²) in [5.41, 5.74) is 1.01. The van der Waals surface area contributed by atoms with Gasteiger partial charge in [-0.3, -0.25) is 9.78 Å². The number of aromatic nitrogens is 4. The van der Waals surface area contributed by atoms with Gasteiger partial charge in [-0.1, -0.05) is 29.3 Å². The van der Waals surface area contributed by atoms with Crippen LogP contribution < -0.4 is 10.9 Å². The fourth-order valence-electron chi connectivity index (χ4n) is 2.45. The standard InChI is InChI=1S/C16H15Cl2N5O3/c1-8(15(25)26-2)23-13-12(7-20-23)21-16(22-14(13)24)19-6-9-3-4-10(17)11(18)5-9/h3-5,7-8H,6H2,1-2H3,(H2,19,21,22,24). The molecule has 0 bridgehead atoms. The molecule has 0 radical (unpaired) electrons. The summed E-state index contributed by atoms with van der Waals surface area (Å²) in [7, 11) is 1.28. The number of halogens is 2. The number of carbonyl (C=O) groups excluding carboxylic acids is 1. The SMILES string of the molecule is COC(=O)C(C)n1ncc2nc(NCc3ccc(Cl)c(Cl)c3)[nH]c(=O)c21. The third-order valence-electron chi connectivity index (χ3n) is 3.81. The third kappa shape index (κ3) is 3.51. The first-order valence-electron chi connectivity index (χ1n) is 7.64. The van der Waals surface area contributed by atoms with Crippen LogP contribution in [-0.4, -0.2) is 32.8 Å². The molecule has 0 saturated carbocycles. The first-order chi connectivity index (χ1) is 12.4. The predicted octanol–water partition coefficient (Wildman–Crippen LogP) is 2.77. The number of H-pyrrole nitrogens is 1. The molecule has 2 N–H and O–H groups in total. The highest BCUT2D eigenvalue weighted by atomic mass is 35.5. The molecule has 1 aromatic carbocycles. The lowest BCUT2D eigenvalue weighted by molar-refractivity contribution is -0.144. The van der Waals surface area contributed by atoms with E-state index >= 15 is 0 Å². The number of nitrogens with zero attached hydrogens (tertiary/aromatic N) is 3. The Hall–Kier alpha value is -2.58. The minimum absolute atomic E-state index is 0.197. The first kappa shape index (κ1) is 18.2. The Morgan fingerprint density at radius 3 is 2.85 bits per heavy atom. The van der Waals surface area contributed by atoms with Crippen LogP contribution in [0.1, 0.15) is 18.5 Å². The maximum atomic E-state index is 12.4. The van der Waals surface area contributed by atoms with E-state index < -0.39 is 17.6 Å². The van der Waals surface area contributed by atoms with Crippen molar-refractivity contribution in [2.24, 2.45) is 0 Å². The number of hydrogen-bond donors (Lipinski definition) is 2. The predicted molar refractivity (Wildman–Crippen MR) is 98.7 cm³/mol.